The van der Waals surface area contributed by atoms with Crippen LogP contribution in [0, 0.1) is 13.8 Å². The number of rotatable bonds is 12. The van der Waals surface area contributed by atoms with Crippen LogP contribution < -0.4 is 9.62 Å². The monoisotopic (exact) mass is 524 g/mol. The number of halogens is 3. The number of hydrogen-bond donors (Lipinski definition) is 0. The Balaban J connectivity index is 1.68. The van der Waals surface area contributed by atoms with Gasteiger partial charge in [-0.3, -0.25) is 9.78 Å². The smallest absolute Gasteiger partial charge is 0.416 e. The first-order chi connectivity index (χ1) is 17.1. The van der Waals surface area contributed by atoms with Crippen LogP contribution in [0.25, 0.3) is 10.1 Å². The second-order valence-electron chi connectivity index (χ2n) is 8.63. The van der Waals surface area contributed by atoms with Crippen molar-refractivity contribution in [3.8, 4) is 11.5 Å². The number of aryl methyl sites for hydroxylation is 2. The molecule has 0 amide bonds. The fraction of sp³-hybridized carbons (Fsp3) is 0.444. The minimum absolute atomic E-state index is 0.0818. The summed E-state index contributed by atoms with van der Waals surface area (Å²) >= 11 is 1.41. The molecule has 0 aliphatic heterocycles. The zero-order chi connectivity index (χ0) is 26.3. The molecule has 1 unspecified atom stereocenters. The molecule has 0 aliphatic carbocycles. The molecular formula is C27H31F3O5S. The lowest BCUT2D eigenvalue weighted by molar-refractivity contribution is -0.214. The molecule has 196 valence electrons. The lowest BCUT2D eigenvalue weighted by Gasteiger charge is -2.17. The fourth-order valence-electron chi connectivity index (χ4n) is 3.94. The summed E-state index contributed by atoms with van der Waals surface area (Å²) in [5.74, 6) is 0.737. The Morgan fingerprint density at radius 1 is 1.06 bits per heavy atom. The summed E-state index contributed by atoms with van der Waals surface area (Å²) in [6.45, 7) is 6.61. The van der Waals surface area contributed by atoms with Crippen molar-refractivity contribution in [1.82, 2.24) is 0 Å². The van der Waals surface area contributed by atoms with E-state index < -0.39 is 17.7 Å². The van der Waals surface area contributed by atoms with E-state index in [-0.39, 0.29) is 12.3 Å². The Bertz CT molecular complexity index is 1170. The number of fused-ring (bicyclic) bond motifs is 1. The van der Waals surface area contributed by atoms with Gasteiger partial charge in [0, 0.05) is 35.3 Å². The number of ether oxygens (including phenoxy) is 2. The van der Waals surface area contributed by atoms with Crippen LogP contribution >= 0.6 is 11.3 Å². The van der Waals surface area contributed by atoms with Crippen LogP contribution in [0.3, 0.4) is 0 Å². The summed E-state index contributed by atoms with van der Waals surface area (Å²) < 4.78 is 51.4. The third kappa shape index (κ3) is 7.13. The van der Waals surface area contributed by atoms with E-state index in [2.05, 4.69) is 0 Å². The molecule has 5 nitrogen and oxygen atoms in total. The van der Waals surface area contributed by atoms with Crippen LogP contribution in [0.4, 0.5) is 13.2 Å². The van der Waals surface area contributed by atoms with Crippen LogP contribution in [0.5, 0.6) is 11.5 Å². The molecule has 1 aromatic heterocycles. The number of carbonyl (C=O) groups excluding carboxylic acids is 1. The number of methoxy groups -OCH3 is 1. The van der Waals surface area contributed by atoms with Gasteiger partial charge in [0.1, 0.15) is 5.75 Å². The molecular weight excluding hydrogens is 493 g/mol. The van der Waals surface area contributed by atoms with Crippen LogP contribution in [-0.4, -0.2) is 26.3 Å². The first-order valence-electron chi connectivity index (χ1n) is 11.8. The van der Waals surface area contributed by atoms with E-state index in [1.165, 1.54) is 17.4 Å². The predicted molar refractivity (Wildman–Crippen MR) is 134 cm³/mol. The minimum atomic E-state index is -4.37. The van der Waals surface area contributed by atoms with Crippen molar-refractivity contribution >= 4 is 27.4 Å². The van der Waals surface area contributed by atoms with Gasteiger partial charge in [0.05, 0.1) is 12.2 Å². The number of thiophene rings is 1. The second-order valence-corrected chi connectivity index (χ2v) is 9.72. The van der Waals surface area contributed by atoms with Gasteiger partial charge in [-0.2, -0.15) is 13.2 Å². The van der Waals surface area contributed by atoms with E-state index in [0.717, 1.165) is 33.9 Å². The lowest BCUT2D eigenvalue weighted by Crippen LogP contribution is -2.09. The van der Waals surface area contributed by atoms with Crippen LogP contribution in [0.2, 0.25) is 0 Å². The largest absolute Gasteiger partial charge is 0.494 e. The van der Waals surface area contributed by atoms with Crippen molar-refractivity contribution in [1.29, 1.82) is 0 Å². The second kappa shape index (κ2) is 12.5. The Hall–Kier alpha value is -2.78. The third-order valence-electron chi connectivity index (χ3n) is 5.90. The molecule has 0 aliphatic rings. The molecule has 36 heavy (non-hydrogen) atoms. The lowest BCUT2D eigenvalue weighted by atomic mass is 9.96. The molecule has 0 radical (unpaired) electrons. The summed E-state index contributed by atoms with van der Waals surface area (Å²) in [7, 11) is 1.63. The quantitative estimate of drug-likeness (QED) is 0.179. The number of carbonyl (C=O) groups is 1. The Kier molecular flexibility index (Phi) is 9.62. The maximum Gasteiger partial charge on any atom is 0.416 e. The van der Waals surface area contributed by atoms with Crippen LogP contribution in [0.15, 0.2) is 36.4 Å². The normalized spacial score (nSPS) is 12.5. The Labute approximate surface area is 213 Å². The van der Waals surface area contributed by atoms with E-state index in [4.69, 9.17) is 19.2 Å². The molecule has 0 saturated carbocycles. The van der Waals surface area contributed by atoms with Gasteiger partial charge in [-0.1, -0.05) is 13.0 Å². The van der Waals surface area contributed by atoms with Gasteiger partial charge in [0.15, 0.2) is 5.75 Å². The van der Waals surface area contributed by atoms with Crippen LogP contribution in [-0.2, 0) is 20.6 Å². The molecule has 2 aromatic carbocycles. The highest BCUT2D eigenvalue weighted by atomic mass is 32.1. The van der Waals surface area contributed by atoms with Gasteiger partial charge in [0.2, 0.25) is 0 Å². The standard InChI is InChI=1S/C27H31F3O5S/c1-5-6-25(31)35-34-23-10-8-21(15-17(23)2)33-14-12-19(11-13-32-4)26-18(3)22-9-7-20(27(28,29)30)16-24(22)36-26/h7-10,15-16,19H,5-6,11-14H2,1-4H3. The first-order valence-corrected chi connectivity index (χ1v) is 12.7. The number of hydrogen-bond acceptors (Lipinski definition) is 6. The van der Waals surface area contributed by atoms with Crippen molar-refractivity contribution in [2.45, 2.75) is 58.5 Å². The molecule has 1 atom stereocenters. The van der Waals surface area contributed by atoms with Gasteiger partial charge in [-0.15, -0.1) is 11.3 Å². The summed E-state index contributed by atoms with van der Waals surface area (Å²) in [5.41, 5.74) is 1.12. The third-order valence-corrected chi connectivity index (χ3v) is 7.32. The maximum absolute atomic E-state index is 13.2. The summed E-state index contributed by atoms with van der Waals surface area (Å²) in [6, 6.07) is 9.15. The molecule has 3 rings (SSSR count). The molecule has 0 fully saturated rings. The highest BCUT2D eigenvalue weighted by Crippen LogP contribution is 2.41. The molecule has 0 saturated heterocycles. The maximum atomic E-state index is 13.2. The van der Waals surface area contributed by atoms with E-state index in [0.29, 0.717) is 42.3 Å². The minimum Gasteiger partial charge on any atom is -0.494 e. The van der Waals surface area contributed by atoms with Crippen molar-refractivity contribution in [2.24, 2.45) is 0 Å². The molecule has 0 N–H and O–H groups in total. The van der Waals surface area contributed by atoms with Gasteiger partial charge in [0.25, 0.3) is 0 Å². The number of benzene rings is 2. The van der Waals surface area contributed by atoms with Gasteiger partial charge >= 0.3 is 12.1 Å². The van der Waals surface area contributed by atoms with Crippen molar-refractivity contribution in [3.63, 3.8) is 0 Å². The Morgan fingerprint density at radius 3 is 2.47 bits per heavy atom. The fourth-order valence-corrected chi connectivity index (χ4v) is 5.36. The topological polar surface area (TPSA) is 54.0 Å². The Morgan fingerprint density at radius 2 is 1.81 bits per heavy atom. The summed E-state index contributed by atoms with van der Waals surface area (Å²) in [4.78, 5) is 22.5. The molecule has 3 aromatic rings. The highest BCUT2D eigenvalue weighted by Gasteiger charge is 2.31. The average molecular weight is 525 g/mol. The number of alkyl halides is 3. The van der Waals surface area contributed by atoms with E-state index >= 15 is 0 Å². The summed E-state index contributed by atoms with van der Waals surface area (Å²) in [6.07, 6.45) is -2.00. The molecule has 9 heteroatoms. The van der Waals surface area contributed by atoms with E-state index in [1.54, 1.807) is 31.4 Å². The highest BCUT2D eigenvalue weighted by molar-refractivity contribution is 7.19. The van der Waals surface area contributed by atoms with Crippen LogP contribution in [0.1, 0.15) is 60.1 Å². The predicted octanol–water partition coefficient (Wildman–Crippen LogP) is 7.76. The summed E-state index contributed by atoms with van der Waals surface area (Å²) in [5, 5.41) is 0.845. The first kappa shape index (κ1) is 27.8. The average Bonchev–Trinajstić information content (AvgIpc) is 3.16. The van der Waals surface area contributed by atoms with Crippen molar-refractivity contribution < 1.29 is 37.2 Å². The van der Waals surface area contributed by atoms with E-state index in [9.17, 15) is 18.0 Å². The molecule has 1 heterocycles. The zero-order valence-electron chi connectivity index (χ0n) is 20.9. The zero-order valence-corrected chi connectivity index (χ0v) is 21.7. The van der Waals surface area contributed by atoms with Crippen molar-refractivity contribution in [3.05, 3.63) is 58.0 Å². The molecule has 0 spiro atoms. The van der Waals surface area contributed by atoms with Gasteiger partial charge in [-0.05, 0) is 80.3 Å². The SMILES string of the molecule is CCCC(=O)OOc1ccc(OCCC(CCOC)c2sc3cc(C(F)(F)F)ccc3c2C)cc1C. The molecule has 0 bridgehead atoms. The van der Waals surface area contributed by atoms with Gasteiger partial charge in [-0.25, -0.2) is 4.79 Å². The van der Waals surface area contributed by atoms with Crippen molar-refractivity contribution in [2.75, 3.05) is 20.3 Å². The van der Waals surface area contributed by atoms with Gasteiger partial charge < -0.3 is 9.47 Å². The van der Waals surface area contributed by atoms with E-state index in [1.807, 2.05) is 20.8 Å².